The maximum atomic E-state index is 13.4. The summed E-state index contributed by atoms with van der Waals surface area (Å²) >= 11 is 1.38. The van der Waals surface area contributed by atoms with Crippen LogP contribution in [-0.4, -0.2) is 66.0 Å². The largest absolute Gasteiger partial charge is 0.468 e. The Morgan fingerprint density at radius 2 is 1.69 bits per heavy atom. The topological polar surface area (TPSA) is 176 Å². The van der Waals surface area contributed by atoms with Gasteiger partial charge in [0.05, 0.1) is 13.7 Å². The highest BCUT2D eigenvalue weighted by Crippen LogP contribution is 2.40. The van der Waals surface area contributed by atoms with E-state index in [1.165, 1.54) is 35.7 Å². The minimum Gasteiger partial charge on any atom is -0.468 e. The summed E-state index contributed by atoms with van der Waals surface area (Å²) in [6, 6.07) is 1.50. The number of nitrogen functional groups attached to an aromatic ring is 1. The van der Waals surface area contributed by atoms with E-state index in [9.17, 15) is 18.9 Å². The zero-order chi connectivity index (χ0) is 34.9. The molecule has 3 atom stereocenters. The normalized spacial score (nSPS) is 18.1. The van der Waals surface area contributed by atoms with Gasteiger partial charge in [-0.3, -0.25) is 18.7 Å². The molecule has 266 valence electrons. The van der Waals surface area contributed by atoms with E-state index in [1.807, 2.05) is 0 Å². The zero-order valence-electron chi connectivity index (χ0n) is 28.0. The fourth-order valence-electron chi connectivity index (χ4n) is 4.12. The molecule has 0 aliphatic carbocycles. The maximum absolute atomic E-state index is 13.4. The first-order valence-corrected chi connectivity index (χ1v) is 18.9. The van der Waals surface area contributed by atoms with Crippen molar-refractivity contribution in [2.24, 2.45) is 0 Å². The lowest BCUT2D eigenvalue weighted by Crippen LogP contribution is -2.35. The maximum Gasteiger partial charge on any atom is 0.351 e. The Bertz CT molecular complexity index is 1360. The number of amides is 1. The molecule has 1 aliphatic heterocycles. The number of methoxy groups -OCH3 is 1. The number of nitrogens with two attached hydrogens (primary N) is 1. The summed E-state index contributed by atoms with van der Waals surface area (Å²) in [5.41, 5.74) is 4.48. The predicted octanol–water partition coefficient (Wildman–Crippen LogP) is 4.93. The van der Waals surface area contributed by atoms with Crippen molar-refractivity contribution < 1.29 is 28.2 Å². The molecule has 2 heterocycles. The molecular formula is C33H51N6O7PS. The van der Waals surface area contributed by atoms with Gasteiger partial charge in [0, 0.05) is 31.5 Å². The molecule has 1 unspecified atom stereocenters. The molecular weight excluding hydrogens is 655 g/mol. The number of anilines is 1. The monoisotopic (exact) mass is 706 g/mol. The van der Waals surface area contributed by atoms with E-state index in [0.717, 1.165) is 38.5 Å². The van der Waals surface area contributed by atoms with Crippen LogP contribution in [0.1, 0.15) is 64.5 Å². The second-order valence-electron chi connectivity index (χ2n) is 10.5. The highest BCUT2D eigenvalue weighted by molar-refractivity contribution is 8.00. The highest BCUT2D eigenvalue weighted by Gasteiger charge is 2.32. The van der Waals surface area contributed by atoms with Crippen molar-refractivity contribution in [3.8, 4) is 0 Å². The number of esters is 1. The molecule has 2 rings (SSSR count). The first kappa shape index (κ1) is 40.9. The van der Waals surface area contributed by atoms with E-state index in [1.54, 1.807) is 0 Å². The Morgan fingerprint density at radius 1 is 1.04 bits per heavy atom. The van der Waals surface area contributed by atoms with Crippen LogP contribution in [0.3, 0.4) is 0 Å². The molecule has 1 aromatic rings. The average molecular weight is 707 g/mol. The number of hydrogen-bond acceptors (Lipinski definition) is 10. The third-order valence-electron chi connectivity index (χ3n) is 6.65. The molecule has 15 heteroatoms. The van der Waals surface area contributed by atoms with Crippen LogP contribution in [-0.2, 0) is 28.2 Å². The fraction of sp³-hybridized carbons (Fsp3) is 0.515. The average Bonchev–Trinajstić information content (AvgIpc) is 3.55. The number of aromatic nitrogens is 2. The van der Waals surface area contributed by atoms with E-state index in [0.29, 0.717) is 18.6 Å². The molecule has 0 radical (unpaired) electrons. The number of thioether (sulfide) groups is 1. The minimum absolute atomic E-state index is 0.0983. The second-order valence-corrected chi connectivity index (χ2v) is 13.7. The van der Waals surface area contributed by atoms with Gasteiger partial charge in [0.1, 0.15) is 24.0 Å². The van der Waals surface area contributed by atoms with E-state index < -0.39 is 31.0 Å². The van der Waals surface area contributed by atoms with Gasteiger partial charge >= 0.3 is 19.3 Å². The Labute approximate surface area is 288 Å². The van der Waals surface area contributed by atoms with E-state index in [2.05, 4.69) is 92.9 Å². The van der Waals surface area contributed by atoms with E-state index >= 15 is 0 Å². The third-order valence-corrected chi connectivity index (χ3v) is 9.47. The van der Waals surface area contributed by atoms with Crippen LogP contribution in [0.4, 0.5) is 5.82 Å². The molecule has 1 fully saturated rings. The number of ether oxygens (including phenoxy) is 2. The summed E-state index contributed by atoms with van der Waals surface area (Å²) in [7, 11) is -2.51. The van der Waals surface area contributed by atoms with E-state index in [-0.39, 0.29) is 38.0 Å². The predicted molar refractivity (Wildman–Crippen MR) is 192 cm³/mol. The molecule has 0 saturated carbocycles. The van der Waals surface area contributed by atoms with Crippen LogP contribution in [0.15, 0.2) is 77.8 Å². The number of carbonyl (C=O) groups is 2. The lowest BCUT2D eigenvalue weighted by atomic mass is 10.2. The lowest BCUT2D eigenvalue weighted by molar-refractivity contribution is -0.139. The molecule has 0 aromatic carbocycles. The number of unbranched alkanes of at least 4 members (excludes halogenated alkanes) is 1. The number of nitrogens with zero attached hydrogens (tertiary/aromatic N) is 2. The number of rotatable bonds is 24. The number of carbonyl (C=O) groups excluding carboxylic acids is 2. The highest BCUT2D eigenvalue weighted by atomic mass is 32.2. The van der Waals surface area contributed by atoms with Crippen molar-refractivity contribution in [3.63, 3.8) is 0 Å². The summed E-state index contributed by atoms with van der Waals surface area (Å²) < 4.78 is 30.8. The Hall–Kier alpha value is -3.26. The van der Waals surface area contributed by atoms with Crippen LogP contribution in [0.2, 0.25) is 0 Å². The van der Waals surface area contributed by atoms with Crippen molar-refractivity contribution in [1.29, 1.82) is 0 Å². The molecule has 0 bridgehead atoms. The summed E-state index contributed by atoms with van der Waals surface area (Å²) in [4.78, 5) is 39.7. The molecule has 1 aliphatic rings. The SMILES string of the molecule is CC/C=C\C/C=C\C/C=C\C/C=C\C/C=C\CCCC(=O)NCCNP(=O)(NCC(=O)OC)OC[C@@H]1O[C@H](n2ccc(N)nc2=O)CS1. The second kappa shape index (κ2) is 24.8. The van der Waals surface area contributed by atoms with Gasteiger partial charge in [-0.25, -0.2) is 15.0 Å². The molecule has 5 N–H and O–H groups in total. The number of hydrogen-bond donors (Lipinski definition) is 4. The minimum atomic E-state index is -3.73. The van der Waals surface area contributed by atoms with Gasteiger partial charge in [0.15, 0.2) is 0 Å². The molecule has 13 nitrogen and oxygen atoms in total. The van der Waals surface area contributed by atoms with Crippen LogP contribution < -0.4 is 26.9 Å². The quantitative estimate of drug-likeness (QED) is 0.0495. The van der Waals surface area contributed by atoms with Gasteiger partial charge in [-0.15, -0.1) is 11.8 Å². The molecule has 1 amide bonds. The molecule has 48 heavy (non-hydrogen) atoms. The number of nitrogens with one attached hydrogen (secondary N) is 3. The Kier molecular flexibility index (Phi) is 21.2. The summed E-state index contributed by atoms with van der Waals surface area (Å²) in [5, 5.41) is 8.14. The zero-order valence-corrected chi connectivity index (χ0v) is 29.7. The first-order chi connectivity index (χ1) is 23.3. The van der Waals surface area contributed by atoms with Gasteiger partial charge in [-0.1, -0.05) is 67.7 Å². The first-order valence-electron chi connectivity index (χ1n) is 16.2. The van der Waals surface area contributed by atoms with Crippen molar-refractivity contribution in [1.82, 2.24) is 25.0 Å². The third kappa shape index (κ3) is 18.3. The van der Waals surface area contributed by atoms with Crippen molar-refractivity contribution in [3.05, 3.63) is 83.5 Å². The van der Waals surface area contributed by atoms with Gasteiger partial charge in [0.25, 0.3) is 0 Å². The van der Waals surface area contributed by atoms with Crippen LogP contribution in [0.25, 0.3) is 0 Å². The standard InChI is InChI=1S/C33H51N6O7PS/c1-3-4-5-6-7-8-9-10-11-12-13-14-15-16-17-18-19-20-29(40)35-22-23-36-47(43,37-25-31(41)44-2)45-26-32-46-30(27-48-32)39-24-21-28(34)38-33(39)42/h4-5,7-8,10-11,13-14,16-17,21,24,30,32H,3,6,9,12,15,18-20,22-23,25-27H2,1-2H3,(H,35,40)(H2,34,38,42)(H2,36,37,43)/b5-4-,8-7-,11-10-,14-13-,17-16-/t30-,32+,47?/m0/s1. The smallest absolute Gasteiger partial charge is 0.351 e. The number of allylic oxidation sites excluding steroid dienone is 10. The Balaban J connectivity index is 1.62. The van der Waals surface area contributed by atoms with Crippen LogP contribution >= 0.6 is 19.4 Å². The lowest BCUT2D eigenvalue weighted by Gasteiger charge is -2.22. The molecule has 1 saturated heterocycles. The summed E-state index contributed by atoms with van der Waals surface area (Å²) in [5.74, 6) is -0.178. The van der Waals surface area contributed by atoms with Crippen molar-refractivity contribution >= 4 is 37.1 Å². The molecule has 0 spiro atoms. The van der Waals surface area contributed by atoms with Gasteiger partial charge < -0.3 is 25.0 Å². The van der Waals surface area contributed by atoms with Gasteiger partial charge in [-0.05, 0) is 51.0 Å². The fourth-order valence-corrected chi connectivity index (χ4v) is 6.59. The summed E-state index contributed by atoms with van der Waals surface area (Å²) in [6.45, 7) is 2.02. The van der Waals surface area contributed by atoms with Crippen LogP contribution in [0.5, 0.6) is 0 Å². The van der Waals surface area contributed by atoms with Gasteiger partial charge in [0.2, 0.25) is 5.91 Å². The van der Waals surface area contributed by atoms with Gasteiger partial charge in [-0.2, -0.15) is 4.98 Å². The Morgan fingerprint density at radius 3 is 2.31 bits per heavy atom. The van der Waals surface area contributed by atoms with Crippen molar-refractivity contribution in [2.75, 3.05) is 44.8 Å². The van der Waals surface area contributed by atoms with E-state index in [4.69, 9.17) is 15.0 Å². The molecule has 1 aromatic heterocycles. The summed E-state index contributed by atoms with van der Waals surface area (Å²) in [6.07, 6.45) is 29.1. The van der Waals surface area contributed by atoms with Crippen LogP contribution in [0, 0.1) is 0 Å². The van der Waals surface area contributed by atoms with Crippen molar-refractivity contribution in [2.45, 2.75) is 70.0 Å².